The SMILES string of the molecule is CC[C@@H]1C[C@@H](OC(=O)[C@@H](C)N)CC[C@]1(C)[C@H]1CC[C@]2(C)CCC[C@]2(O)C1. The van der Waals surface area contributed by atoms with Crippen LogP contribution in [0.4, 0.5) is 0 Å². The zero-order chi connectivity index (χ0) is 19.2. The van der Waals surface area contributed by atoms with Gasteiger partial charge in [0.25, 0.3) is 0 Å². The lowest BCUT2D eigenvalue weighted by Crippen LogP contribution is -2.52. The lowest BCUT2D eigenvalue weighted by atomic mass is 9.52. The Morgan fingerprint density at radius 3 is 2.62 bits per heavy atom. The standard InChI is InChI=1S/C22H39NO3/c1-5-16-13-18(26-19(24)15(2)23)8-12-21(16,4)17-7-11-20(3)9-6-10-22(20,25)14-17/h15-18,25H,5-14,23H2,1-4H3/t15-,16-,17+,18+,20+,21+,22+/m1/s1. The maximum atomic E-state index is 11.9. The second kappa shape index (κ2) is 7.09. The van der Waals surface area contributed by atoms with Gasteiger partial charge in [0.1, 0.15) is 12.1 Å². The maximum absolute atomic E-state index is 11.9. The molecule has 26 heavy (non-hydrogen) atoms. The molecule has 0 unspecified atom stereocenters. The summed E-state index contributed by atoms with van der Waals surface area (Å²) in [5.41, 5.74) is 5.57. The highest BCUT2D eigenvalue weighted by atomic mass is 16.5. The van der Waals surface area contributed by atoms with E-state index in [1.807, 2.05) is 0 Å². The van der Waals surface area contributed by atoms with E-state index >= 15 is 0 Å². The number of esters is 1. The van der Waals surface area contributed by atoms with E-state index < -0.39 is 11.6 Å². The molecule has 0 saturated heterocycles. The number of nitrogens with two attached hydrogens (primary N) is 1. The smallest absolute Gasteiger partial charge is 0.322 e. The third kappa shape index (κ3) is 3.32. The molecule has 0 amide bonds. The van der Waals surface area contributed by atoms with Crippen molar-refractivity contribution >= 4 is 5.97 Å². The van der Waals surface area contributed by atoms with Crippen LogP contribution in [0.1, 0.15) is 91.9 Å². The van der Waals surface area contributed by atoms with Gasteiger partial charge in [-0.1, -0.05) is 27.2 Å². The molecule has 4 nitrogen and oxygen atoms in total. The summed E-state index contributed by atoms with van der Waals surface area (Å²) in [5, 5.41) is 11.4. The summed E-state index contributed by atoms with van der Waals surface area (Å²) < 4.78 is 5.66. The van der Waals surface area contributed by atoms with Crippen molar-refractivity contribution in [1.82, 2.24) is 0 Å². The summed E-state index contributed by atoms with van der Waals surface area (Å²) in [6, 6.07) is -0.545. The number of aliphatic hydroxyl groups is 1. The molecule has 3 aliphatic rings. The maximum Gasteiger partial charge on any atom is 0.322 e. The molecule has 0 aliphatic heterocycles. The van der Waals surface area contributed by atoms with Gasteiger partial charge in [0.15, 0.2) is 0 Å². The third-order valence-electron chi connectivity index (χ3n) is 8.64. The van der Waals surface area contributed by atoms with E-state index in [-0.39, 0.29) is 22.9 Å². The Bertz CT molecular complexity index is 535. The molecule has 0 aromatic heterocycles. The quantitative estimate of drug-likeness (QED) is 0.733. The van der Waals surface area contributed by atoms with E-state index in [2.05, 4.69) is 20.8 Å². The van der Waals surface area contributed by atoms with E-state index in [1.165, 1.54) is 19.3 Å². The fraction of sp³-hybridized carbons (Fsp3) is 0.955. The highest BCUT2D eigenvalue weighted by Crippen LogP contribution is 2.61. The Morgan fingerprint density at radius 2 is 1.96 bits per heavy atom. The molecule has 0 bridgehead atoms. The molecule has 0 radical (unpaired) electrons. The van der Waals surface area contributed by atoms with Crippen molar-refractivity contribution < 1.29 is 14.6 Å². The summed E-state index contributed by atoms with van der Waals surface area (Å²) in [4.78, 5) is 11.9. The van der Waals surface area contributed by atoms with E-state index in [1.54, 1.807) is 6.92 Å². The van der Waals surface area contributed by atoms with Gasteiger partial charge in [-0.2, -0.15) is 0 Å². The zero-order valence-electron chi connectivity index (χ0n) is 17.2. The molecule has 4 heteroatoms. The largest absolute Gasteiger partial charge is 0.461 e. The normalized spacial score (nSPS) is 47.2. The topological polar surface area (TPSA) is 72.5 Å². The molecule has 3 aliphatic carbocycles. The number of hydrogen-bond acceptors (Lipinski definition) is 4. The first-order valence-electron chi connectivity index (χ1n) is 10.8. The van der Waals surface area contributed by atoms with Gasteiger partial charge in [-0.05, 0) is 87.4 Å². The van der Waals surface area contributed by atoms with E-state index in [9.17, 15) is 9.90 Å². The number of carbonyl (C=O) groups is 1. The highest BCUT2D eigenvalue weighted by molar-refractivity contribution is 5.75. The Balaban J connectivity index is 1.70. The van der Waals surface area contributed by atoms with Crippen LogP contribution in [0.2, 0.25) is 0 Å². The Hall–Kier alpha value is -0.610. The van der Waals surface area contributed by atoms with E-state index in [4.69, 9.17) is 10.5 Å². The minimum atomic E-state index is -0.545. The van der Waals surface area contributed by atoms with Crippen molar-refractivity contribution in [3.05, 3.63) is 0 Å². The van der Waals surface area contributed by atoms with Gasteiger partial charge in [-0.25, -0.2) is 0 Å². The molecule has 3 N–H and O–H groups in total. The molecule has 0 heterocycles. The number of ether oxygens (including phenoxy) is 1. The summed E-state index contributed by atoms with van der Waals surface area (Å²) in [5.74, 6) is 0.845. The molecule has 0 spiro atoms. The van der Waals surface area contributed by atoms with E-state index in [0.29, 0.717) is 11.8 Å². The van der Waals surface area contributed by atoms with Crippen molar-refractivity contribution in [2.75, 3.05) is 0 Å². The molecule has 3 saturated carbocycles. The van der Waals surface area contributed by atoms with Crippen LogP contribution in [-0.2, 0) is 9.53 Å². The number of rotatable bonds is 4. The van der Waals surface area contributed by atoms with Gasteiger partial charge >= 0.3 is 5.97 Å². The van der Waals surface area contributed by atoms with Gasteiger partial charge in [-0.15, -0.1) is 0 Å². The third-order valence-corrected chi connectivity index (χ3v) is 8.64. The average molecular weight is 366 g/mol. The second-order valence-electron chi connectivity index (χ2n) is 10.1. The number of hydrogen-bond donors (Lipinski definition) is 2. The predicted molar refractivity (Wildman–Crippen MR) is 104 cm³/mol. The Morgan fingerprint density at radius 1 is 1.23 bits per heavy atom. The van der Waals surface area contributed by atoms with Crippen LogP contribution in [0.3, 0.4) is 0 Å². The van der Waals surface area contributed by atoms with Crippen LogP contribution < -0.4 is 5.73 Å². The molecule has 150 valence electrons. The first kappa shape index (κ1) is 20.1. The van der Waals surface area contributed by atoms with E-state index in [0.717, 1.165) is 44.9 Å². The molecule has 3 fully saturated rings. The zero-order valence-corrected chi connectivity index (χ0v) is 17.2. The Labute approximate surface area is 159 Å². The van der Waals surface area contributed by atoms with Crippen molar-refractivity contribution in [3.8, 4) is 0 Å². The van der Waals surface area contributed by atoms with Crippen molar-refractivity contribution in [3.63, 3.8) is 0 Å². The van der Waals surface area contributed by atoms with Crippen LogP contribution in [0.5, 0.6) is 0 Å². The van der Waals surface area contributed by atoms with Crippen LogP contribution in [-0.4, -0.2) is 28.8 Å². The van der Waals surface area contributed by atoms with Crippen LogP contribution >= 0.6 is 0 Å². The predicted octanol–water partition coefficient (Wildman–Crippen LogP) is 4.18. The summed E-state index contributed by atoms with van der Waals surface area (Å²) >= 11 is 0. The van der Waals surface area contributed by atoms with Crippen molar-refractivity contribution in [1.29, 1.82) is 0 Å². The monoisotopic (exact) mass is 365 g/mol. The minimum absolute atomic E-state index is 0.00921. The van der Waals surface area contributed by atoms with Crippen LogP contribution in [0.15, 0.2) is 0 Å². The fourth-order valence-corrected chi connectivity index (χ4v) is 6.51. The number of fused-ring (bicyclic) bond motifs is 1. The molecule has 0 aromatic rings. The van der Waals surface area contributed by atoms with Crippen molar-refractivity contribution in [2.24, 2.45) is 28.4 Å². The molecular weight excluding hydrogens is 326 g/mol. The van der Waals surface area contributed by atoms with Gasteiger partial charge in [0.05, 0.1) is 5.60 Å². The van der Waals surface area contributed by atoms with Gasteiger partial charge in [-0.3, -0.25) is 4.79 Å². The average Bonchev–Trinajstić information content (AvgIpc) is 2.90. The van der Waals surface area contributed by atoms with Gasteiger partial charge < -0.3 is 15.6 Å². The molecular formula is C22H39NO3. The lowest BCUT2D eigenvalue weighted by Gasteiger charge is -2.55. The summed E-state index contributed by atoms with van der Waals surface area (Å²) in [6.07, 6.45) is 10.7. The van der Waals surface area contributed by atoms with Crippen molar-refractivity contribution in [2.45, 2.75) is 110 Å². The Kier molecular flexibility index (Phi) is 5.49. The highest BCUT2D eigenvalue weighted by Gasteiger charge is 2.57. The second-order valence-corrected chi connectivity index (χ2v) is 10.1. The van der Waals surface area contributed by atoms with Gasteiger partial charge in [0.2, 0.25) is 0 Å². The van der Waals surface area contributed by atoms with Crippen LogP contribution in [0, 0.1) is 22.7 Å². The minimum Gasteiger partial charge on any atom is -0.461 e. The number of carbonyl (C=O) groups excluding carboxylic acids is 1. The lowest BCUT2D eigenvalue weighted by molar-refractivity contribution is -0.160. The molecule has 3 rings (SSSR count). The molecule has 7 atom stereocenters. The van der Waals surface area contributed by atoms with Crippen LogP contribution in [0.25, 0.3) is 0 Å². The summed E-state index contributed by atoms with van der Waals surface area (Å²) in [6.45, 7) is 8.69. The first-order chi connectivity index (χ1) is 12.1. The van der Waals surface area contributed by atoms with Gasteiger partial charge in [0, 0.05) is 0 Å². The summed E-state index contributed by atoms with van der Waals surface area (Å²) in [7, 11) is 0. The first-order valence-corrected chi connectivity index (χ1v) is 10.8. The fourth-order valence-electron chi connectivity index (χ4n) is 6.51. The molecule has 0 aromatic carbocycles.